The van der Waals surface area contributed by atoms with Gasteiger partial charge in [0, 0.05) is 5.56 Å². The number of halogens is 2. The van der Waals surface area contributed by atoms with Crippen molar-refractivity contribution in [1.29, 1.82) is 0 Å². The standard InChI is InChI=1S/C11H10ClFN2O/c1-6-5-8(13)3-4-9(6)10-14-11(7(2)12)16-15-10/h3-5,7H,1-2H3. The van der Waals surface area contributed by atoms with Gasteiger partial charge in [-0.3, -0.25) is 0 Å². The molecular formula is C11H10ClFN2O. The van der Waals surface area contributed by atoms with Gasteiger partial charge in [0.1, 0.15) is 11.2 Å². The second-order valence-electron chi connectivity index (χ2n) is 3.53. The van der Waals surface area contributed by atoms with Gasteiger partial charge in [0.25, 0.3) is 0 Å². The molecule has 0 aliphatic heterocycles. The second kappa shape index (κ2) is 4.22. The first-order valence-corrected chi connectivity index (χ1v) is 5.26. The van der Waals surface area contributed by atoms with Gasteiger partial charge in [0.2, 0.25) is 11.7 Å². The molecule has 84 valence electrons. The van der Waals surface area contributed by atoms with Crippen LogP contribution >= 0.6 is 11.6 Å². The fourth-order valence-corrected chi connectivity index (χ4v) is 1.47. The van der Waals surface area contributed by atoms with E-state index in [4.69, 9.17) is 16.1 Å². The average molecular weight is 241 g/mol. The van der Waals surface area contributed by atoms with Gasteiger partial charge in [0.05, 0.1) is 0 Å². The molecule has 0 spiro atoms. The predicted molar refractivity (Wildman–Crippen MR) is 58.7 cm³/mol. The van der Waals surface area contributed by atoms with Gasteiger partial charge in [-0.05, 0) is 37.6 Å². The van der Waals surface area contributed by atoms with Crippen molar-refractivity contribution in [3.05, 3.63) is 35.5 Å². The molecule has 0 aliphatic rings. The van der Waals surface area contributed by atoms with E-state index in [1.165, 1.54) is 12.1 Å². The van der Waals surface area contributed by atoms with Crippen molar-refractivity contribution in [2.24, 2.45) is 0 Å². The van der Waals surface area contributed by atoms with Crippen molar-refractivity contribution in [2.45, 2.75) is 19.2 Å². The topological polar surface area (TPSA) is 38.9 Å². The Labute approximate surface area is 97.2 Å². The lowest BCUT2D eigenvalue weighted by Crippen LogP contribution is -1.88. The first-order chi connectivity index (χ1) is 7.58. The number of hydrogen-bond acceptors (Lipinski definition) is 3. The van der Waals surface area contributed by atoms with E-state index in [-0.39, 0.29) is 11.2 Å². The van der Waals surface area contributed by atoms with Crippen LogP contribution in [0.15, 0.2) is 22.7 Å². The molecule has 0 saturated heterocycles. The van der Waals surface area contributed by atoms with Gasteiger partial charge in [-0.2, -0.15) is 4.98 Å². The summed E-state index contributed by atoms with van der Waals surface area (Å²) in [7, 11) is 0. The lowest BCUT2D eigenvalue weighted by molar-refractivity contribution is 0.379. The van der Waals surface area contributed by atoms with Crippen LogP contribution < -0.4 is 0 Å². The molecule has 2 rings (SSSR count). The van der Waals surface area contributed by atoms with Crippen LogP contribution in [0.5, 0.6) is 0 Å². The summed E-state index contributed by atoms with van der Waals surface area (Å²) < 4.78 is 17.9. The van der Waals surface area contributed by atoms with Crippen LogP contribution in [0.4, 0.5) is 4.39 Å². The highest BCUT2D eigenvalue weighted by Crippen LogP contribution is 2.24. The minimum Gasteiger partial charge on any atom is -0.337 e. The molecule has 0 amide bonds. The maximum Gasteiger partial charge on any atom is 0.244 e. The molecule has 1 aromatic heterocycles. The lowest BCUT2D eigenvalue weighted by Gasteiger charge is -1.99. The number of rotatable bonds is 2. The molecular weight excluding hydrogens is 231 g/mol. The van der Waals surface area contributed by atoms with E-state index in [1.807, 2.05) is 0 Å². The Morgan fingerprint density at radius 3 is 2.75 bits per heavy atom. The zero-order valence-corrected chi connectivity index (χ0v) is 9.62. The number of alkyl halides is 1. The van der Waals surface area contributed by atoms with Crippen LogP contribution in [0.2, 0.25) is 0 Å². The maximum atomic E-state index is 12.9. The molecule has 16 heavy (non-hydrogen) atoms. The van der Waals surface area contributed by atoms with Crippen molar-refractivity contribution in [3.8, 4) is 11.4 Å². The molecule has 0 aliphatic carbocycles. The highest BCUT2D eigenvalue weighted by Gasteiger charge is 2.14. The van der Waals surface area contributed by atoms with Crippen molar-refractivity contribution in [1.82, 2.24) is 10.1 Å². The Morgan fingerprint density at radius 2 is 2.19 bits per heavy atom. The first kappa shape index (κ1) is 11.1. The second-order valence-corrected chi connectivity index (χ2v) is 4.19. The first-order valence-electron chi connectivity index (χ1n) is 4.82. The summed E-state index contributed by atoms with van der Waals surface area (Å²) in [5.41, 5.74) is 1.50. The van der Waals surface area contributed by atoms with Crippen molar-refractivity contribution in [3.63, 3.8) is 0 Å². The van der Waals surface area contributed by atoms with Crippen molar-refractivity contribution in [2.75, 3.05) is 0 Å². The van der Waals surface area contributed by atoms with E-state index in [0.717, 1.165) is 11.1 Å². The van der Waals surface area contributed by atoms with Gasteiger partial charge in [-0.1, -0.05) is 5.16 Å². The average Bonchev–Trinajstić information content (AvgIpc) is 2.66. The SMILES string of the molecule is Cc1cc(F)ccc1-c1noc(C(C)Cl)n1. The Balaban J connectivity index is 2.42. The lowest BCUT2D eigenvalue weighted by atomic mass is 10.1. The van der Waals surface area contributed by atoms with Gasteiger partial charge < -0.3 is 4.52 Å². The van der Waals surface area contributed by atoms with E-state index in [2.05, 4.69) is 10.1 Å². The van der Waals surface area contributed by atoms with Crippen LogP contribution in [0, 0.1) is 12.7 Å². The van der Waals surface area contributed by atoms with Crippen LogP contribution in [0.1, 0.15) is 23.8 Å². The molecule has 0 saturated carbocycles. The van der Waals surface area contributed by atoms with Crippen molar-refractivity contribution >= 4 is 11.6 Å². The van der Waals surface area contributed by atoms with Gasteiger partial charge in [-0.25, -0.2) is 4.39 Å². The molecule has 0 N–H and O–H groups in total. The largest absolute Gasteiger partial charge is 0.337 e. The fraction of sp³-hybridized carbons (Fsp3) is 0.273. The van der Waals surface area contributed by atoms with E-state index >= 15 is 0 Å². The number of hydrogen-bond donors (Lipinski definition) is 0. The van der Waals surface area contributed by atoms with Crippen LogP contribution in [-0.2, 0) is 0 Å². The molecule has 0 fully saturated rings. The quantitative estimate of drug-likeness (QED) is 0.755. The highest BCUT2D eigenvalue weighted by atomic mass is 35.5. The molecule has 1 aromatic carbocycles. The van der Waals surface area contributed by atoms with Crippen LogP contribution in [-0.4, -0.2) is 10.1 Å². The third kappa shape index (κ3) is 2.07. The Bertz CT molecular complexity index is 510. The summed E-state index contributed by atoms with van der Waals surface area (Å²) in [6.07, 6.45) is 0. The number of aryl methyl sites for hydroxylation is 1. The fourth-order valence-electron chi connectivity index (χ4n) is 1.38. The number of benzene rings is 1. The zero-order chi connectivity index (χ0) is 11.7. The maximum absolute atomic E-state index is 12.9. The molecule has 5 heteroatoms. The van der Waals surface area contributed by atoms with E-state index in [9.17, 15) is 4.39 Å². The monoisotopic (exact) mass is 240 g/mol. The Kier molecular flexibility index (Phi) is 2.92. The van der Waals surface area contributed by atoms with E-state index < -0.39 is 0 Å². The highest BCUT2D eigenvalue weighted by molar-refractivity contribution is 6.20. The van der Waals surface area contributed by atoms with Crippen LogP contribution in [0.3, 0.4) is 0 Å². The van der Waals surface area contributed by atoms with Gasteiger partial charge in [0.15, 0.2) is 0 Å². The summed E-state index contributed by atoms with van der Waals surface area (Å²) >= 11 is 5.81. The van der Waals surface area contributed by atoms with Gasteiger partial charge >= 0.3 is 0 Å². The summed E-state index contributed by atoms with van der Waals surface area (Å²) in [5.74, 6) is 0.510. The molecule has 0 bridgehead atoms. The molecule has 1 heterocycles. The third-order valence-electron chi connectivity index (χ3n) is 2.21. The van der Waals surface area contributed by atoms with E-state index in [1.54, 1.807) is 19.9 Å². The summed E-state index contributed by atoms with van der Waals surface area (Å²) in [4.78, 5) is 4.14. The Morgan fingerprint density at radius 1 is 1.44 bits per heavy atom. The molecule has 2 aromatic rings. The minimum absolute atomic E-state index is 0.282. The molecule has 1 unspecified atom stereocenters. The van der Waals surface area contributed by atoms with Crippen molar-refractivity contribution < 1.29 is 8.91 Å². The minimum atomic E-state index is -0.331. The van der Waals surface area contributed by atoms with Crippen LogP contribution in [0.25, 0.3) is 11.4 Å². The summed E-state index contributed by atoms with van der Waals surface area (Å²) in [6, 6.07) is 4.41. The zero-order valence-electron chi connectivity index (χ0n) is 8.87. The summed E-state index contributed by atoms with van der Waals surface area (Å²) in [6.45, 7) is 3.54. The van der Waals surface area contributed by atoms with E-state index in [0.29, 0.717) is 11.7 Å². The Hall–Kier alpha value is -1.42. The number of aromatic nitrogens is 2. The smallest absolute Gasteiger partial charge is 0.244 e. The number of nitrogens with zero attached hydrogens (tertiary/aromatic N) is 2. The molecule has 3 nitrogen and oxygen atoms in total. The third-order valence-corrected chi connectivity index (χ3v) is 2.40. The summed E-state index contributed by atoms with van der Waals surface area (Å²) in [5, 5.41) is 3.47. The predicted octanol–water partition coefficient (Wildman–Crippen LogP) is 3.48. The molecule has 1 atom stereocenters. The van der Waals surface area contributed by atoms with Gasteiger partial charge in [-0.15, -0.1) is 11.6 Å². The molecule has 0 radical (unpaired) electrons. The normalized spacial score (nSPS) is 12.8.